The van der Waals surface area contributed by atoms with Gasteiger partial charge in [0.2, 0.25) is 0 Å². The number of hydrogen-bond donors (Lipinski definition) is 1. The molecule has 1 heterocycles. The van der Waals surface area contributed by atoms with Crippen molar-refractivity contribution in [2.45, 2.75) is 32.8 Å². The van der Waals surface area contributed by atoms with Crippen LogP contribution in [0.25, 0.3) is 0 Å². The summed E-state index contributed by atoms with van der Waals surface area (Å²) in [6, 6.07) is 5.62. The molecule has 1 atom stereocenters. The second kappa shape index (κ2) is 9.39. The van der Waals surface area contributed by atoms with Gasteiger partial charge in [0.1, 0.15) is 0 Å². The van der Waals surface area contributed by atoms with Crippen LogP contribution in [-0.4, -0.2) is 53.3 Å². The van der Waals surface area contributed by atoms with Crippen LogP contribution >= 0.6 is 0 Å². The molecule has 0 radical (unpaired) electrons. The first kappa shape index (κ1) is 23.5. The lowest BCUT2D eigenvalue weighted by Gasteiger charge is -2.35. The molecule has 2 rings (SSSR count). The summed E-state index contributed by atoms with van der Waals surface area (Å²) < 4.78 is 9.70. The van der Waals surface area contributed by atoms with Crippen LogP contribution in [0.15, 0.2) is 46.8 Å². The van der Waals surface area contributed by atoms with Crippen molar-refractivity contribution < 1.29 is 38.7 Å². The smallest absolute Gasteiger partial charge is 0.360 e. The van der Waals surface area contributed by atoms with E-state index in [-0.39, 0.29) is 33.8 Å². The summed E-state index contributed by atoms with van der Waals surface area (Å²) in [6.07, 6.45) is -1.49. The van der Waals surface area contributed by atoms with Crippen LogP contribution in [0.1, 0.15) is 32.3 Å². The van der Waals surface area contributed by atoms with Crippen molar-refractivity contribution in [2.75, 3.05) is 14.2 Å². The molecule has 11 heteroatoms. The van der Waals surface area contributed by atoms with Gasteiger partial charge in [-0.3, -0.25) is 10.1 Å². The number of esters is 2. The van der Waals surface area contributed by atoms with Crippen molar-refractivity contribution >= 4 is 23.6 Å². The van der Waals surface area contributed by atoms with Crippen molar-refractivity contribution in [1.29, 1.82) is 0 Å². The number of hydroxylamine groups is 2. The largest absolute Gasteiger partial charge is 0.466 e. The number of nitrogens with zero attached hydrogens (tertiary/aromatic N) is 2. The molecule has 1 aliphatic heterocycles. The van der Waals surface area contributed by atoms with E-state index in [1.165, 1.54) is 45.0 Å². The number of benzene rings is 1. The molecular formula is C20H22N2O9. The molecular weight excluding hydrogens is 412 g/mol. The molecule has 0 saturated carbocycles. The molecule has 0 aromatic heterocycles. The molecule has 0 bridgehead atoms. The van der Waals surface area contributed by atoms with Gasteiger partial charge in [0.05, 0.1) is 47.6 Å². The minimum Gasteiger partial charge on any atom is -0.466 e. The van der Waals surface area contributed by atoms with Crippen molar-refractivity contribution in [1.82, 2.24) is 5.06 Å². The van der Waals surface area contributed by atoms with Crippen LogP contribution in [0.5, 0.6) is 0 Å². The predicted molar refractivity (Wildman–Crippen MR) is 105 cm³/mol. The number of methoxy groups -OCH3 is 2. The molecule has 1 aliphatic rings. The Hall–Kier alpha value is -3.73. The fourth-order valence-electron chi connectivity index (χ4n) is 3.30. The van der Waals surface area contributed by atoms with E-state index in [9.17, 15) is 29.6 Å². The van der Waals surface area contributed by atoms with Gasteiger partial charge in [-0.25, -0.2) is 14.4 Å². The highest BCUT2D eigenvalue weighted by Gasteiger charge is 2.44. The van der Waals surface area contributed by atoms with Gasteiger partial charge in [-0.1, -0.05) is 18.2 Å². The Morgan fingerprint density at radius 1 is 1.06 bits per heavy atom. The van der Waals surface area contributed by atoms with Crippen LogP contribution in [-0.2, 0) is 28.7 Å². The molecule has 1 aromatic carbocycles. The molecule has 1 aromatic rings. The number of hydrogen-bond acceptors (Lipinski definition) is 10. The lowest BCUT2D eigenvalue weighted by molar-refractivity contribution is -0.385. The fourth-order valence-corrected chi connectivity index (χ4v) is 3.30. The first-order valence-corrected chi connectivity index (χ1v) is 9.08. The minimum absolute atomic E-state index is 0.0495. The highest BCUT2D eigenvalue weighted by atomic mass is 16.7. The molecule has 0 aliphatic carbocycles. The number of nitro benzene ring substituents is 1. The predicted octanol–water partition coefficient (Wildman–Crippen LogP) is 1.73. The first-order valence-electron chi connectivity index (χ1n) is 9.08. The van der Waals surface area contributed by atoms with Crippen molar-refractivity contribution in [3.63, 3.8) is 0 Å². The number of carbonyl (C=O) groups is 3. The third-order valence-corrected chi connectivity index (χ3v) is 4.74. The Balaban J connectivity index is 2.87. The Kier molecular flexibility index (Phi) is 7.13. The molecule has 0 saturated heterocycles. The van der Waals surface area contributed by atoms with E-state index in [1.807, 2.05) is 0 Å². The summed E-state index contributed by atoms with van der Waals surface area (Å²) in [5.74, 6) is -4.07. The fraction of sp³-hybridized carbons (Fsp3) is 0.350. The van der Waals surface area contributed by atoms with Gasteiger partial charge < -0.3 is 19.4 Å². The quantitative estimate of drug-likeness (QED) is 0.399. The highest BCUT2D eigenvalue weighted by Crippen LogP contribution is 2.45. The average molecular weight is 434 g/mol. The van der Waals surface area contributed by atoms with E-state index < -0.39 is 34.9 Å². The maximum absolute atomic E-state index is 12.7. The van der Waals surface area contributed by atoms with Gasteiger partial charge in [-0.2, -0.15) is 5.06 Å². The van der Waals surface area contributed by atoms with Crippen LogP contribution in [0.3, 0.4) is 0 Å². The normalized spacial score (nSPS) is 15.5. The van der Waals surface area contributed by atoms with Crippen LogP contribution in [0.2, 0.25) is 0 Å². The monoisotopic (exact) mass is 434 g/mol. The SMILES string of the molecule is COC(=O)C1=C(C)N(OC(=O)C(C)O)C(C)=C(C(=O)OC)C1c1ccccc1[N+](=O)[O-]. The first-order chi connectivity index (χ1) is 14.6. The summed E-state index contributed by atoms with van der Waals surface area (Å²) in [5, 5.41) is 22.0. The van der Waals surface area contributed by atoms with Crippen molar-refractivity contribution in [3.8, 4) is 0 Å². The van der Waals surface area contributed by atoms with E-state index in [0.717, 1.165) is 19.3 Å². The van der Waals surface area contributed by atoms with E-state index in [1.54, 1.807) is 0 Å². The molecule has 166 valence electrons. The number of ether oxygens (including phenoxy) is 2. The van der Waals surface area contributed by atoms with E-state index in [0.29, 0.717) is 0 Å². The molecule has 0 fully saturated rings. The lowest BCUT2D eigenvalue weighted by Crippen LogP contribution is -2.38. The molecule has 11 nitrogen and oxygen atoms in total. The lowest BCUT2D eigenvalue weighted by atomic mass is 9.79. The second-order valence-electron chi connectivity index (χ2n) is 6.61. The van der Waals surface area contributed by atoms with Gasteiger partial charge in [-0.05, 0) is 20.8 Å². The number of allylic oxidation sites excluding steroid dienone is 2. The topological polar surface area (TPSA) is 146 Å². The van der Waals surface area contributed by atoms with Gasteiger partial charge >= 0.3 is 17.9 Å². The number of carbonyl (C=O) groups excluding carboxylic acids is 3. The van der Waals surface area contributed by atoms with Gasteiger partial charge in [0, 0.05) is 11.6 Å². The van der Waals surface area contributed by atoms with Crippen LogP contribution in [0, 0.1) is 10.1 Å². The van der Waals surface area contributed by atoms with Gasteiger partial charge in [0.25, 0.3) is 5.69 Å². The summed E-state index contributed by atoms with van der Waals surface area (Å²) in [5.41, 5.74) is -0.510. The van der Waals surface area contributed by atoms with Crippen molar-refractivity contribution in [2.24, 2.45) is 0 Å². The number of aliphatic hydroxyl groups excluding tert-OH is 1. The minimum atomic E-state index is -1.49. The summed E-state index contributed by atoms with van der Waals surface area (Å²) >= 11 is 0. The molecule has 1 N–H and O–H groups in total. The third-order valence-electron chi connectivity index (χ3n) is 4.74. The number of rotatable bonds is 6. The zero-order valence-electron chi connectivity index (χ0n) is 17.6. The summed E-state index contributed by atoms with van der Waals surface area (Å²) in [4.78, 5) is 53.6. The zero-order chi connectivity index (χ0) is 23.5. The molecule has 31 heavy (non-hydrogen) atoms. The number of aliphatic hydroxyl groups is 1. The van der Waals surface area contributed by atoms with Crippen molar-refractivity contribution in [3.05, 3.63) is 62.5 Å². The summed E-state index contributed by atoms with van der Waals surface area (Å²) in [6.45, 7) is 4.02. The van der Waals surface area contributed by atoms with E-state index in [2.05, 4.69) is 0 Å². The van der Waals surface area contributed by atoms with Gasteiger partial charge in [0.15, 0.2) is 6.10 Å². The molecule has 0 spiro atoms. The van der Waals surface area contributed by atoms with Crippen LogP contribution in [0.4, 0.5) is 5.69 Å². The van der Waals surface area contributed by atoms with E-state index in [4.69, 9.17) is 14.3 Å². The Labute approximate surface area is 177 Å². The average Bonchev–Trinajstić information content (AvgIpc) is 2.74. The third kappa shape index (κ3) is 4.40. The summed E-state index contributed by atoms with van der Waals surface area (Å²) in [7, 11) is 2.21. The Bertz CT molecular complexity index is 954. The Morgan fingerprint density at radius 2 is 1.55 bits per heavy atom. The van der Waals surface area contributed by atoms with Gasteiger partial charge in [-0.15, -0.1) is 0 Å². The highest BCUT2D eigenvalue weighted by molar-refractivity contribution is 6.00. The molecule has 1 unspecified atom stereocenters. The zero-order valence-corrected chi connectivity index (χ0v) is 17.6. The second-order valence-corrected chi connectivity index (χ2v) is 6.61. The van der Waals surface area contributed by atoms with Crippen LogP contribution < -0.4 is 0 Å². The van der Waals surface area contributed by atoms with E-state index >= 15 is 0 Å². The number of nitro groups is 1. The Morgan fingerprint density at radius 3 is 1.97 bits per heavy atom. The standard InChI is InChI=1S/C20H22N2O9/c1-10-15(19(25)29-4)17(13-8-6-7-9-14(13)22(27)28)16(20(26)30-5)11(2)21(10)31-18(24)12(3)23/h6-9,12,17,23H,1-5H3. The maximum Gasteiger partial charge on any atom is 0.360 e. The molecule has 0 amide bonds. The number of para-hydroxylation sites is 1. The maximum atomic E-state index is 12.7.